The highest BCUT2D eigenvalue weighted by Crippen LogP contribution is 2.22. The number of aliphatic hydroxyl groups excluding tert-OH is 1. The summed E-state index contributed by atoms with van der Waals surface area (Å²) in [6, 6.07) is 7.09. The van der Waals surface area contributed by atoms with Crippen LogP contribution in [0.4, 0.5) is 10.5 Å². The van der Waals surface area contributed by atoms with E-state index in [1.54, 1.807) is 6.92 Å². The van der Waals surface area contributed by atoms with Gasteiger partial charge in [0.1, 0.15) is 0 Å². The van der Waals surface area contributed by atoms with Crippen molar-refractivity contribution >= 4 is 11.7 Å². The number of carbonyl (C=O) groups is 1. The number of benzene rings is 1. The lowest BCUT2D eigenvalue weighted by Crippen LogP contribution is -2.38. The number of hydrogen-bond acceptors (Lipinski definition) is 3. The number of aliphatic hydroxyl groups is 1. The third-order valence-corrected chi connectivity index (χ3v) is 3.87. The lowest BCUT2D eigenvalue weighted by Gasteiger charge is -2.22. The topological polar surface area (TPSA) is 70.6 Å². The van der Waals surface area contributed by atoms with E-state index >= 15 is 0 Å². The van der Waals surface area contributed by atoms with Crippen molar-refractivity contribution in [3.05, 3.63) is 29.8 Å². The minimum absolute atomic E-state index is 0.0807. The van der Waals surface area contributed by atoms with Crippen molar-refractivity contribution < 1.29 is 14.6 Å². The molecule has 1 unspecified atom stereocenters. The van der Waals surface area contributed by atoms with E-state index in [0.717, 1.165) is 24.1 Å². The molecule has 1 aromatic carbocycles. The normalized spacial score (nSPS) is 17.0. The van der Waals surface area contributed by atoms with E-state index in [1.807, 2.05) is 24.3 Å². The monoisotopic (exact) mass is 306 g/mol. The first-order valence-electron chi connectivity index (χ1n) is 8.06. The lowest BCUT2D eigenvalue weighted by molar-refractivity contribution is 0.0169. The molecule has 0 heterocycles. The van der Waals surface area contributed by atoms with Crippen LogP contribution in [0, 0.1) is 0 Å². The number of ether oxygens (including phenoxy) is 1. The summed E-state index contributed by atoms with van der Waals surface area (Å²) in [5.41, 5.74) is 1.78. The molecule has 1 aliphatic carbocycles. The molecular formula is C17H26N2O3. The summed E-state index contributed by atoms with van der Waals surface area (Å²) >= 11 is 0. The summed E-state index contributed by atoms with van der Waals surface area (Å²) in [6.45, 7) is 2.24. The van der Waals surface area contributed by atoms with E-state index in [4.69, 9.17) is 9.84 Å². The maximum Gasteiger partial charge on any atom is 0.319 e. The van der Waals surface area contributed by atoms with Crippen LogP contribution < -0.4 is 10.6 Å². The van der Waals surface area contributed by atoms with Crippen LogP contribution in [0.1, 0.15) is 44.6 Å². The molecule has 0 saturated heterocycles. The molecule has 122 valence electrons. The standard InChI is InChI=1S/C17H26N2O3/c1-13(11-20)18-17(21)19-15-7-5-6-14(10-15)12-22-16-8-3-2-4-9-16/h5-7,10,13,16,20H,2-4,8-9,11-12H2,1H3,(H2,18,19,21). The second kappa shape index (κ2) is 8.76. The van der Waals surface area contributed by atoms with E-state index in [2.05, 4.69) is 10.6 Å². The van der Waals surface area contributed by atoms with Crippen molar-refractivity contribution in [2.45, 2.75) is 57.8 Å². The number of nitrogens with one attached hydrogen (secondary N) is 2. The van der Waals surface area contributed by atoms with Crippen LogP contribution in [-0.2, 0) is 11.3 Å². The van der Waals surface area contributed by atoms with Crippen molar-refractivity contribution in [2.75, 3.05) is 11.9 Å². The highest BCUT2D eigenvalue weighted by molar-refractivity contribution is 5.89. The zero-order chi connectivity index (χ0) is 15.8. The predicted molar refractivity (Wildman–Crippen MR) is 86.8 cm³/mol. The Balaban J connectivity index is 1.82. The first-order valence-corrected chi connectivity index (χ1v) is 8.06. The van der Waals surface area contributed by atoms with Gasteiger partial charge in [0.2, 0.25) is 0 Å². The molecule has 3 N–H and O–H groups in total. The third kappa shape index (κ3) is 5.66. The Morgan fingerprint density at radius 2 is 2.14 bits per heavy atom. The molecule has 1 aromatic rings. The quantitative estimate of drug-likeness (QED) is 0.756. The Hall–Kier alpha value is -1.59. The van der Waals surface area contributed by atoms with Gasteiger partial charge in [0.15, 0.2) is 0 Å². The number of carbonyl (C=O) groups excluding carboxylic acids is 1. The highest BCUT2D eigenvalue weighted by Gasteiger charge is 2.13. The maximum atomic E-state index is 11.7. The Morgan fingerprint density at radius 1 is 1.36 bits per heavy atom. The molecule has 2 amide bonds. The smallest absolute Gasteiger partial charge is 0.319 e. The minimum Gasteiger partial charge on any atom is -0.394 e. The number of rotatable bonds is 6. The largest absolute Gasteiger partial charge is 0.394 e. The molecule has 0 spiro atoms. The van der Waals surface area contributed by atoms with Gasteiger partial charge in [-0.15, -0.1) is 0 Å². The average molecular weight is 306 g/mol. The summed E-state index contributed by atoms with van der Waals surface area (Å²) in [4.78, 5) is 11.7. The van der Waals surface area contributed by atoms with Gasteiger partial charge in [-0.1, -0.05) is 31.4 Å². The Bertz CT molecular complexity index is 473. The van der Waals surface area contributed by atoms with Gasteiger partial charge in [-0.3, -0.25) is 0 Å². The fraction of sp³-hybridized carbons (Fsp3) is 0.588. The van der Waals surface area contributed by atoms with Crippen LogP contribution in [-0.4, -0.2) is 29.9 Å². The molecule has 1 atom stereocenters. The fourth-order valence-electron chi connectivity index (χ4n) is 2.62. The molecule has 1 aliphatic rings. The minimum atomic E-state index is -0.313. The molecule has 0 aliphatic heterocycles. The van der Waals surface area contributed by atoms with Crippen molar-refractivity contribution in [1.82, 2.24) is 5.32 Å². The molecular weight excluding hydrogens is 280 g/mol. The van der Waals surface area contributed by atoms with Crippen LogP contribution in [0.5, 0.6) is 0 Å². The zero-order valence-corrected chi connectivity index (χ0v) is 13.2. The first kappa shape index (κ1) is 16.8. The van der Waals surface area contributed by atoms with E-state index in [9.17, 15) is 4.79 Å². The van der Waals surface area contributed by atoms with Gasteiger partial charge in [0.05, 0.1) is 25.4 Å². The fourth-order valence-corrected chi connectivity index (χ4v) is 2.62. The van der Waals surface area contributed by atoms with Gasteiger partial charge in [-0.05, 0) is 37.5 Å². The van der Waals surface area contributed by atoms with Crippen LogP contribution in [0.2, 0.25) is 0 Å². The maximum absolute atomic E-state index is 11.7. The lowest BCUT2D eigenvalue weighted by atomic mass is 9.98. The molecule has 5 heteroatoms. The number of urea groups is 1. The van der Waals surface area contributed by atoms with Crippen molar-refractivity contribution in [2.24, 2.45) is 0 Å². The summed E-state index contributed by atoms with van der Waals surface area (Å²) in [6.07, 6.45) is 6.52. The number of hydrogen-bond donors (Lipinski definition) is 3. The molecule has 0 bridgehead atoms. The molecule has 5 nitrogen and oxygen atoms in total. The number of anilines is 1. The zero-order valence-electron chi connectivity index (χ0n) is 13.2. The van der Waals surface area contributed by atoms with Crippen molar-refractivity contribution in [1.29, 1.82) is 0 Å². The number of amides is 2. The predicted octanol–water partition coefficient (Wildman–Crippen LogP) is 3.04. The van der Waals surface area contributed by atoms with Gasteiger partial charge in [-0.2, -0.15) is 0 Å². The molecule has 1 saturated carbocycles. The van der Waals surface area contributed by atoms with E-state index < -0.39 is 0 Å². The summed E-state index contributed by atoms with van der Waals surface area (Å²) in [5.74, 6) is 0. The Kier molecular flexibility index (Phi) is 6.68. The summed E-state index contributed by atoms with van der Waals surface area (Å²) in [7, 11) is 0. The van der Waals surface area contributed by atoms with E-state index in [-0.39, 0.29) is 18.7 Å². The Morgan fingerprint density at radius 3 is 2.86 bits per heavy atom. The van der Waals surface area contributed by atoms with Gasteiger partial charge < -0.3 is 20.5 Å². The Labute approximate surface area is 132 Å². The summed E-state index contributed by atoms with van der Waals surface area (Å²) in [5, 5.41) is 14.3. The second-order valence-corrected chi connectivity index (χ2v) is 5.95. The van der Waals surface area contributed by atoms with Crippen LogP contribution >= 0.6 is 0 Å². The van der Waals surface area contributed by atoms with Crippen molar-refractivity contribution in [3.63, 3.8) is 0 Å². The van der Waals surface area contributed by atoms with E-state index in [1.165, 1.54) is 19.3 Å². The van der Waals surface area contributed by atoms with Crippen LogP contribution in [0.3, 0.4) is 0 Å². The van der Waals surface area contributed by atoms with Crippen LogP contribution in [0.15, 0.2) is 24.3 Å². The van der Waals surface area contributed by atoms with Crippen LogP contribution in [0.25, 0.3) is 0 Å². The van der Waals surface area contributed by atoms with Gasteiger partial charge in [0.25, 0.3) is 0 Å². The molecule has 0 aromatic heterocycles. The summed E-state index contributed by atoms with van der Waals surface area (Å²) < 4.78 is 5.95. The molecule has 22 heavy (non-hydrogen) atoms. The molecule has 1 fully saturated rings. The first-order chi connectivity index (χ1) is 10.7. The second-order valence-electron chi connectivity index (χ2n) is 5.95. The van der Waals surface area contributed by atoms with Gasteiger partial charge in [-0.25, -0.2) is 4.79 Å². The molecule has 0 radical (unpaired) electrons. The SMILES string of the molecule is CC(CO)NC(=O)Nc1cccc(COC2CCCCC2)c1. The highest BCUT2D eigenvalue weighted by atomic mass is 16.5. The average Bonchev–Trinajstić information content (AvgIpc) is 2.54. The van der Waals surface area contributed by atoms with Gasteiger partial charge in [0, 0.05) is 5.69 Å². The third-order valence-electron chi connectivity index (χ3n) is 3.87. The van der Waals surface area contributed by atoms with Gasteiger partial charge >= 0.3 is 6.03 Å². The molecule has 2 rings (SSSR count). The van der Waals surface area contributed by atoms with E-state index in [0.29, 0.717) is 12.7 Å². The van der Waals surface area contributed by atoms with Crippen molar-refractivity contribution in [3.8, 4) is 0 Å².